The van der Waals surface area contributed by atoms with Crippen molar-refractivity contribution in [3.8, 4) is 0 Å². The van der Waals surface area contributed by atoms with Crippen LogP contribution in [0.2, 0.25) is 0 Å². The molecule has 0 amide bonds. The zero-order valence-corrected chi connectivity index (χ0v) is 16.7. The van der Waals surface area contributed by atoms with Crippen molar-refractivity contribution in [1.29, 1.82) is 0 Å². The fourth-order valence-electron chi connectivity index (χ4n) is 2.66. The van der Waals surface area contributed by atoms with Gasteiger partial charge in [-0.3, -0.25) is 0 Å². The van der Waals surface area contributed by atoms with E-state index < -0.39 is 0 Å². The fourth-order valence-corrected chi connectivity index (χ4v) is 4.02. The molecule has 0 aliphatic carbocycles. The van der Waals surface area contributed by atoms with Gasteiger partial charge in [0.25, 0.3) is 0 Å². The van der Waals surface area contributed by atoms with Gasteiger partial charge < -0.3 is 10.3 Å². The van der Waals surface area contributed by atoms with E-state index in [1.807, 2.05) is 6.07 Å². The normalized spacial score (nSPS) is 11.3. The summed E-state index contributed by atoms with van der Waals surface area (Å²) >= 11 is 5.16. The van der Waals surface area contributed by atoms with Crippen molar-refractivity contribution in [2.75, 3.05) is 11.5 Å². The monoisotopic (exact) mass is 419 g/mol. The van der Waals surface area contributed by atoms with E-state index in [4.69, 9.17) is 10.7 Å². The number of halogens is 1. The van der Waals surface area contributed by atoms with Crippen LogP contribution in [0.3, 0.4) is 0 Å². The van der Waals surface area contributed by atoms with Gasteiger partial charge in [-0.25, -0.2) is 15.0 Å². The predicted octanol–water partition coefficient (Wildman–Crippen LogP) is 4.70. The predicted molar refractivity (Wildman–Crippen MR) is 108 cm³/mol. The van der Waals surface area contributed by atoms with Gasteiger partial charge in [0.15, 0.2) is 26.9 Å². The van der Waals surface area contributed by atoms with Crippen molar-refractivity contribution in [3.63, 3.8) is 0 Å². The van der Waals surface area contributed by atoms with Gasteiger partial charge in [-0.2, -0.15) is 0 Å². The van der Waals surface area contributed by atoms with Crippen LogP contribution >= 0.6 is 27.7 Å². The summed E-state index contributed by atoms with van der Waals surface area (Å²) in [5.74, 6) is 1.36. The van der Waals surface area contributed by atoms with Gasteiger partial charge in [-0.1, -0.05) is 61.9 Å². The van der Waals surface area contributed by atoms with E-state index in [-0.39, 0.29) is 0 Å². The fraction of sp³-hybridized carbons (Fsp3) is 0.389. The molecular weight excluding hydrogens is 398 g/mol. The van der Waals surface area contributed by atoms with Crippen molar-refractivity contribution >= 4 is 44.7 Å². The highest BCUT2D eigenvalue weighted by Gasteiger charge is 2.15. The third-order valence-corrected chi connectivity index (χ3v) is 5.46. The number of nitrogens with two attached hydrogens (primary N) is 1. The smallest absolute Gasteiger partial charge is 0.191 e. The topological polar surface area (TPSA) is 69.6 Å². The minimum Gasteiger partial charge on any atom is -0.382 e. The summed E-state index contributed by atoms with van der Waals surface area (Å²) in [6, 6.07) is 10.4. The SMILES string of the molecule is CCCCCn1c(Br)nc2c(N)nc(SCCc3ccccc3)nc21. The molecule has 5 nitrogen and oxygen atoms in total. The van der Waals surface area contributed by atoms with Gasteiger partial charge in [-0.05, 0) is 34.3 Å². The highest BCUT2D eigenvalue weighted by atomic mass is 79.9. The Morgan fingerprint density at radius 3 is 2.68 bits per heavy atom. The molecule has 0 unspecified atom stereocenters. The molecule has 25 heavy (non-hydrogen) atoms. The summed E-state index contributed by atoms with van der Waals surface area (Å²) in [6.45, 7) is 3.08. The van der Waals surface area contributed by atoms with Crippen molar-refractivity contribution in [2.45, 2.75) is 44.3 Å². The number of thioether (sulfide) groups is 1. The van der Waals surface area contributed by atoms with E-state index in [1.54, 1.807) is 11.8 Å². The van der Waals surface area contributed by atoms with Crippen LogP contribution in [0.25, 0.3) is 11.2 Å². The van der Waals surface area contributed by atoms with Crippen LogP contribution in [0.4, 0.5) is 5.82 Å². The molecular formula is C18H22BrN5S. The molecule has 3 rings (SSSR count). The summed E-state index contributed by atoms with van der Waals surface area (Å²) in [5.41, 5.74) is 8.93. The van der Waals surface area contributed by atoms with E-state index in [0.717, 1.165) is 35.5 Å². The second-order valence-corrected chi connectivity index (χ2v) is 7.66. The van der Waals surface area contributed by atoms with E-state index in [9.17, 15) is 0 Å². The van der Waals surface area contributed by atoms with Gasteiger partial charge in [0, 0.05) is 12.3 Å². The number of anilines is 1. The number of fused-ring (bicyclic) bond motifs is 1. The lowest BCUT2D eigenvalue weighted by atomic mass is 10.2. The van der Waals surface area contributed by atoms with Gasteiger partial charge in [0.05, 0.1) is 0 Å². The number of rotatable bonds is 8. The third-order valence-electron chi connectivity index (χ3n) is 4.00. The average molecular weight is 420 g/mol. The Balaban J connectivity index is 1.76. The lowest BCUT2D eigenvalue weighted by Crippen LogP contribution is -2.03. The van der Waals surface area contributed by atoms with Crippen molar-refractivity contribution in [3.05, 3.63) is 40.6 Å². The van der Waals surface area contributed by atoms with E-state index in [0.29, 0.717) is 16.5 Å². The summed E-state index contributed by atoms with van der Waals surface area (Å²) < 4.78 is 2.86. The number of benzene rings is 1. The molecule has 0 aliphatic rings. The minimum atomic E-state index is 0.446. The van der Waals surface area contributed by atoms with E-state index in [2.05, 4.69) is 61.7 Å². The van der Waals surface area contributed by atoms with Gasteiger partial charge in [0.1, 0.15) is 0 Å². The van der Waals surface area contributed by atoms with Crippen molar-refractivity contribution in [2.24, 2.45) is 0 Å². The van der Waals surface area contributed by atoms with Crippen LogP contribution in [-0.2, 0) is 13.0 Å². The number of imidazole rings is 1. The summed E-state index contributed by atoms with van der Waals surface area (Å²) in [4.78, 5) is 13.6. The van der Waals surface area contributed by atoms with Gasteiger partial charge in [0.2, 0.25) is 0 Å². The number of nitrogens with zero attached hydrogens (tertiary/aromatic N) is 4. The molecule has 0 saturated heterocycles. The molecule has 0 spiro atoms. The standard InChI is InChI=1S/C18H22BrN5S/c1-2-3-7-11-24-16-14(21-17(24)19)15(20)22-18(23-16)25-12-10-13-8-5-4-6-9-13/h4-6,8-9H,2-3,7,10-12H2,1H3,(H2,20,22,23). The maximum Gasteiger partial charge on any atom is 0.191 e. The molecule has 0 saturated carbocycles. The molecule has 0 aliphatic heterocycles. The van der Waals surface area contributed by atoms with Gasteiger partial charge >= 0.3 is 0 Å². The summed E-state index contributed by atoms with van der Waals surface area (Å²) in [6.07, 6.45) is 4.44. The maximum absolute atomic E-state index is 6.12. The Morgan fingerprint density at radius 2 is 1.92 bits per heavy atom. The molecule has 0 fully saturated rings. The van der Waals surface area contributed by atoms with Crippen molar-refractivity contribution in [1.82, 2.24) is 19.5 Å². The molecule has 2 heterocycles. The Hall–Kier alpha value is -1.60. The number of unbranched alkanes of at least 4 members (excludes halogenated alkanes) is 2. The molecule has 3 aromatic rings. The Bertz CT molecular complexity index is 834. The number of aromatic nitrogens is 4. The first kappa shape index (κ1) is 18.2. The Morgan fingerprint density at radius 1 is 1.12 bits per heavy atom. The Kier molecular flexibility index (Phi) is 6.31. The van der Waals surface area contributed by atoms with Crippen LogP contribution in [0.15, 0.2) is 40.2 Å². The number of aryl methyl sites for hydroxylation is 2. The zero-order chi connectivity index (χ0) is 17.6. The highest BCUT2D eigenvalue weighted by Crippen LogP contribution is 2.26. The van der Waals surface area contributed by atoms with E-state index in [1.165, 1.54) is 18.4 Å². The lowest BCUT2D eigenvalue weighted by Gasteiger charge is -2.06. The first-order valence-electron chi connectivity index (χ1n) is 8.55. The molecule has 132 valence electrons. The molecule has 7 heteroatoms. The molecule has 0 bridgehead atoms. The van der Waals surface area contributed by atoms with Crippen LogP contribution in [-0.4, -0.2) is 25.3 Å². The van der Waals surface area contributed by atoms with Crippen molar-refractivity contribution < 1.29 is 0 Å². The molecule has 2 aromatic heterocycles. The largest absolute Gasteiger partial charge is 0.382 e. The second-order valence-electron chi connectivity index (χ2n) is 5.89. The molecule has 0 atom stereocenters. The minimum absolute atomic E-state index is 0.446. The lowest BCUT2D eigenvalue weighted by molar-refractivity contribution is 0.601. The zero-order valence-electron chi connectivity index (χ0n) is 14.3. The number of hydrogen-bond acceptors (Lipinski definition) is 5. The first-order valence-corrected chi connectivity index (χ1v) is 10.3. The van der Waals surface area contributed by atoms with Crippen LogP contribution < -0.4 is 5.73 Å². The molecule has 2 N–H and O–H groups in total. The highest BCUT2D eigenvalue weighted by molar-refractivity contribution is 9.10. The van der Waals surface area contributed by atoms with Crippen LogP contribution in [0, 0.1) is 0 Å². The third kappa shape index (κ3) is 4.52. The summed E-state index contributed by atoms with van der Waals surface area (Å²) in [7, 11) is 0. The quantitative estimate of drug-likeness (QED) is 0.248. The first-order chi connectivity index (χ1) is 12.2. The van der Waals surface area contributed by atoms with Crippen LogP contribution in [0.1, 0.15) is 31.7 Å². The van der Waals surface area contributed by atoms with Crippen LogP contribution in [0.5, 0.6) is 0 Å². The maximum atomic E-state index is 6.12. The molecule has 0 radical (unpaired) electrons. The molecule has 1 aromatic carbocycles. The average Bonchev–Trinajstić information content (AvgIpc) is 2.93. The Labute approximate surface area is 160 Å². The number of nitrogen functional groups attached to an aromatic ring is 1. The second kappa shape index (κ2) is 8.67. The van der Waals surface area contributed by atoms with E-state index >= 15 is 0 Å². The van der Waals surface area contributed by atoms with Gasteiger partial charge in [-0.15, -0.1) is 0 Å². The summed E-state index contributed by atoms with van der Waals surface area (Å²) in [5, 5.41) is 0.713. The number of hydrogen-bond donors (Lipinski definition) is 1.